The molecule has 1 amide bonds. The molecule has 21 heavy (non-hydrogen) atoms. The Morgan fingerprint density at radius 1 is 1.19 bits per heavy atom. The first kappa shape index (κ1) is 15.3. The van der Waals surface area contributed by atoms with E-state index in [1.165, 1.54) is 12.5 Å². The zero-order chi connectivity index (χ0) is 15.4. The molecule has 0 fully saturated rings. The lowest BCUT2D eigenvalue weighted by atomic mass is 9.93. The normalized spacial score (nSPS) is 13.5. The highest BCUT2D eigenvalue weighted by molar-refractivity contribution is 6.30. The molecule has 2 aromatic rings. The van der Waals surface area contributed by atoms with Crippen LogP contribution in [-0.4, -0.2) is 22.9 Å². The molecule has 6 heteroatoms. The van der Waals surface area contributed by atoms with Gasteiger partial charge in [-0.3, -0.25) is 9.59 Å². The molecular formula is C15H15ClN2O3. The molecule has 0 aliphatic rings. The number of carbonyl (C=O) groups is 2. The summed E-state index contributed by atoms with van der Waals surface area (Å²) in [4.78, 5) is 24.2. The van der Waals surface area contributed by atoms with Crippen molar-refractivity contribution in [1.29, 1.82) is 0 Å². The van der Waals surface area contributed by atoms with Crippen molar-refractivity contribution in [2.75, 3.05) is 0 Å². The molecule has 0 aliphatic heterocycles. The maximum Gasteiger partial charge on any atom is 0.256 e. The van der Waals surface area contributed by atoms with Crippen molar-refractivity contribution in [1.82, 2.24) is 10.5 Å². The Labute approximate surface area is 127 Å². The maximum absolute atomic E-state index is 12.3. The molecule has 1 aromatic carbocycles. The van der Waals surface area contributed by atoms with E-state index in [0.717, 1.165) is 0 Å². The van der Waals surface area contributed by atoms with Crippen LogP contribution in [0.3, 0.4) is 0 Å². The molecule has 2 atom stereocenters. The van der Waals surface area contributed by atoms with Gasteiger partial charge >= 0.3 is 0 Å². The van der Waals surface area contributed by atoms with Gasteiger partial charge in [0.05, 0.1) is 11.8 Å². The van der Waals surface area contributed by atoms with Crippen LogP contribution in [0.25, 0.3) is 0 Å². The smallest absolute Gasteiger partial charge is 0.256 e. The van der Waals surface area contributed by atoms with Crippen LogP contribution in [0, 0.1) is 5.92 Å². The van der Waals surface area contributed by atoms with Crippen LogP contribution < -0.4 is 5.32 Å². The number of Topliss-reactive ketones (excluding diaryl/α,β-unsaturated/α-hetero) is 1. The second kappa shape index (κ2) is 6.54. The van der Waals surface area contributed by atoms with Gasteiger partial charge in [-0.25, -0.2) is 0 Å². The van der Waals surface area contributed by atoms with E-state index in [9.17, 15) is 9.59 Å². The first-order chi connectivity index (χ1) is 9.99. The van der Waals surface area contributed by atoms with Crippen LogP contribution in [0.1, 0.15) is 34.6 Å². The summed E-state index contributed by atoms with van der Waals surface area (Å²) in [6.45, 7) is 3.55. The van der Waals surface area contributed by atoms with Crippen molar-refractivity contribution in [3.05, 3.63) is 52.9 Å². The highest BCUT2D eigenvalue weighted by Gasteiger charge is 2.23. The molecule has 0 bridgehead atoms. The minimum Gasteiger partial charge on any atom is -0.364 e. The first-order valence-corrected chi connectivity index (χ1v) is 6.87. The van der Waals surface area contributed by atoms with Crippen molar-refractivity contribution in [3.63, 3.8) is 0 Å². The van der Waals surface area contributed by atoms with E-state index in [1.54, 1.807) is 38.1 Å². The average Bonchev–Trinajstić information content (AvgIpc) is 3.00. The molecule has 2 rings (SSSR count). The van der Waals surface area contributed by atoms with Gasteiger partial charge in [0.2, 0.25) is 0 Å². The third kappa shape index (κ3) is 3.70. The number of rotatable bonds is 5. The van der Waals surface area contributed by atoms with Crippen molar-refractivity contribution in [2.45, 2.75) is 19.9 Å². The average molecular weight is 307 g/mol. The zero-order valence-corrected chi connectivity index (χ0v) is 12.4. The van der Waals surface area contributed by atoms with Crippen LogP contribution >= 0.6 is 11.6 Å². The van der Waals surface area contributed by atoms with E-state index in [4.69, 9.17) is 11.6 Å². The Morgan fingerprint density at radius 2 is 1.86 bits per heavy atom. The van der Waals surface area contributed by atoms with Crippen molar-refractivity contribution < 1.29 is 14.1 Å². The molecule has 0 aliphatic carbocycles. The number of hydrogen-bond donors (Lipinski definition) is 1. The fourth-order valence-corrected chi connectivity index (χ4v) is 1.96. The quantitative estimate of drug-likeness (QED) is 0.862. The number of amides is 1. The number of aromatic nitrogens is 1. The Kier molecular flexibility index (Phi) is 4.75. The molecule has 0 spiro atoms. The van der Waals surface area contributed by atoms with Crippen molar-refractivity contribution in [2.24, 2.45) is 5.92 Å². The summed E-state index contributed by atoms with van der Waals surface area (Å²) in [7, 11) is 0. The van der Waals surface area contributed by atoms with Gasteiger partial charge in [0.1, 0.15) is 6.26 Å². The lowest BCUT2D eigenvalue weighted by molar-refractivity contribution is 0.0868. The SMILES string of the molecule is CC(NC(=O)c1cnoc1)C(C)C(=O)c1ccc(Cl)cc1. The minimum atomic E-state index is -0.366. The topological polar surface area (TPSA) is 72.2 Å². The van der Waals surface area contributed by atoms with E-state index in [2.05, 4.69) is 15.0 Å². The lowest BCUT2D eigenvalue weighted by Crippen LogP contribution is -2.40. The van der Waals surface area contributed by atoms with Crippen LogP contribution in [-0.2, 0) is 0 Å². The fourth-order valence-electron chi connectivity index (χ4n) is 1.84. The van der Waals surface area contributed by atoms with Crippen LogP contribution in [0.2, 0.25) is 5.02 Å². The number of hydrogen-bond acceptors (Lipinski definition) is 4. The van der Waals surface area contributed by atoms with Gasteiger partial charge in [-0.15, -0.1) is 0 Å². The van der Waals surface area contributed by atoms with Crippen LogP contribution in [0.15, 0.2) is 41.2 Å². The van der Waals surface area contributed by atoms with Crippen molar-refractivity contribution in [3.8, 4) is 0 Å². The molecule has 1 N–H and O–H groups in total. The summed E-state index contributed by atoms with van der Waals surface area (Å²) < 4.78 is 4.62. The van der Waals surface area contributed by atoms with E-state index < -0.39 is 0 Å². The van der Waals surface area contributed by atoms with E-state index in [1.807, 2.05) is 0 Å². The summed E-state index contributed by atoms with van der Waals surface area (Å²) in [5.41, 5.74) is 0.894. The molecule has 0 saturated heterocycles. The van der Waals surface area contributed by atoms with Gasteiger partial charge in [-0.2, -0.15) is 0 Å². The summed E-state index contributed by atoms with van der Waals surface area (Å²) in [6, 6.07) is 6.37. The third-order valence-corrected chi connectivity index (χ3v) is 3.60. The van der Waals surface area contributed by atoms with Gasteiger partial charge in [0, 0.05) is 22.5 Å². The predicted octanol–water partition coefficient (Wildman–Crippen LogP) is 2.97. The highest BCUT2D eigenvalue weighted by Crippen LogP contribution is 2.16. The second-order valence-corrected chi connectivity index (χ2v) is 5.27. The molecule has 1 aromatic heterocycles. The summed E-state index contributed by atoms with van der Waals surface area (Å²) in [5.74, 6) is -0.737. The summed E-state index contributed by atoms with van der Waals surface area (Å²) in [5, 5.41) is 6.81. The molecule has 110 valence electrons. The summed E-state index contributed by atoms with van der Waals surface area (Å²) >= 11 is 5.80. The molecule has 1 heterocycles. The van der Waals surface area contributed by atoms with Gasteiger partial charge in [-0.1, -0.05) is 23.7 Å². The molecule has 2 unspecified atom stereocenters. The number of carbonyl (C=O) groups excluding carboxylic acids is 2. The second-order valence-electron chi connectivity index (χ2n) is 4.84. The Morgan fingerprint density at radius 3 is 2.43 bits per heavy atom. The van der Waals surface area contributed by atoms with Crippen LogP contribution in [0.5, 0.6) is 0 Å². The van der Waals surface area contributed by atoms with Crippen molar-refractivity contribution >= 4 is 23.3 Å². The number of nitrogens with zero attached hydrogens (tertiary/aromatic N) is 1. The Balaban J connectivity index is 2.01. The zero-order valence-electron chi connectivity index (χ0n) is 11.7. The first-order valence-electron chi connectivity index (χ1n) is 6.49. The number of benzene rings is 1. The maximum atomic E-state index is 12.3. The van der Waals surface area contributed by atoms with Gasteiger partial charge in [0.25, 0.3) is 5.91 Å². The Bertz CT molecular complexity index is 623. The van der Waals surface area contributed by atoms with Gasteiger partial charge in [-0.05, 0) is 31.2 Å². The predicted molar refractivity (Wildman–Crippen MR) is 78.4 cm³/mol. The van der Waals surface area contributed by atoms with Gasteiger partial charge < -0.3 is 9.84 Å². The molecule has 5 nitrogen and oxygen atoms in total. The van der Waals surface area contributed by atoms with Crippen LogP contribution in [0.4, 0.5) is 0 Å². The fraction of sp³-hybridized carbons (Fsp3) is 0.267. The molecular weight excluding hydrogens is 292 g/mol. The van der Waals surface area contributed by atoms with E-state index in [-0.39, 0.29) is 23.7 Å². The van der Waals surface area contributed by atoms with Gasteiger partial charge in [0.15, 0.2) is 5.78 Å². The third-order valence-electron chi connectivity index (χ3n) is 3.35. The van der Waals surface area contributed by atoms with E-state index in [0.29, 0.717) is 16.1 Å². The lowest BCUT2D eigenvalue weighted by Gasteiger charge is -2.20. The largest absolute Gasteiger partial charge is 0.364 e. The summed E-state index contributed by atoms with van der Waals surface area (Å²) in [6.07, 6.45) is 2.58. The minimum absolute atomic E-state index is 0.0511. The molecule has 0 radical (unpaired) electrons. The van der Waals surface area contributed by atoms with E-state index >= 15 is 0 Å². The monoisotopic (exact) mass is 306 g/mol. The highest BCUT2D eigenvalue weighted by atomic mass is 35.5. The number of ketones is 1. The standard InChI is InChI=1S/C15H15ClN2O3/c1-9(14(19)11-3-5-13(16)6-4-11)10(2)18-15(20)12-7-17-21-8-12/h3-10H,1-2H3,(H,18,20). The molecule has 0 saturated carbocycles. The number of nitrogens with one attached hydrogen (secondary N) is 1. The Hall–Kier alpha value is -2.14. The number of halogens is 1.